The third-order valence-electron chi connectivity index (χ3n) is 3.27. The van der Waals surface area contributed by atoms with E-state index in [1.165, 1.54) is 5.56 Å². The van der Waals surface area contributed by atoms with E-state index in [0.29, 0.717) is 5.69 Å². The Labute approximate surface area is 123 Å². The molecule has 0 aliphatic rings. The predicted molar refractivity (Wildman–Crippen MR) is 82.8 cm³/mol. The number of rotatable bonds is 4. The second kappa shape index (κ2) is 6.58. The first-order valence-electron chi connectivity index (χ1n) is 6.53. The number of isocyanates is 1. The molecule has 0 fully saturated rings. The molecule has 4 nitrogen and oxygen atoms in total. The summed E-state index contributed by atoms with van der Waals surface area (Å²) in [6, 6.07) is 13.8. The molecule has 0 saturated heterocycles. The van der Waals surface area contributed by atoms with Crippen molar-refractivity contribution >= 4 is 23.5 Å². The minimum Gasteiger partial charge on any atom is -0.241 e. The molecule has 0 saturated carbocycles. The van der Waals surface area contributed by atoms with Crippen molar-refractivity contribution in [2.75, 3.05) is 0 Å². The van der Waals surface area contributed by atoms with Gasteiger partial charge in [0.1, 0.15) is 0 Å². The SMILES string of the molecule is Cc1cc(Cc2ccc(N=C=O)c(C)c2)ccc1N=C=N. The molecule has 0 aliphatic heterocycles. The van der Waals surface area contributed by atoms with E-state index in [1.54, 1.807) is 6.08 Å². The van der Waals surface area contributed by atoms with Gasteiger partial charge in [0.2, 0.25) is 6.08 Å². The first kappa shape index (κ1) is 14.6. The van der Waals surface area contributed by atoms with Gasteiger partial charge in [0.15, 0.2) is 0 Å². The van der Waals surface area contributed by atoms with Gasteiger partial charge in [0.05, 0.1) is 17.4 Å². The number of hydrogen-bond donors (Lipinski definition) is 1. The average molecular weight is 277 g/mol. The zero-order valence-electron chi connectivity index (χ0n) is 12.0. The molecule has 0 heterocycles. The molecule has 0 aliphatic carbocycles. The third-order valence-corrected chi connectivity index (χ3v) is 3.27. The Bertz CT molecular complexity index is 702. The van der Waals surface area contributed by atoms with Crippen molar-refractivity contribution < 1.29 is 4.79 Å². The Kier molecular flexibility index (Phi) is 4.57. The van der Waals surface area contributed by atoms with Crippen LogP contribution in [0.3, 0.4) is 0 Å². The standard InChI is InChI=1S/C17H15N3O/c1-12-7-14(3-5-16(12)19-10-18)9-15-4-6-17(20-11-21)13(2)8-15/h3-8,18H,9H2,1-2H3. The molecule has 0 bridgehead atoms. The molecule has 0 spiro atoms. The van der Waals surface area contributed by atoms with Gasteiger partial charge in [-0.2, -0.15) is 9.98 Å². The van der Waals surface area contributed by atoms with Crippen LogP contribution in [0.2, 0.25) is 0 Å². The summed E-state index contributed by atoms with van der Waals surface area (Å²) in [6.45, 7) is 3.89. The fraction of sp³-hybridized carbons (Fsp3) is 0.176. The maximum Gasteiger partial charge on any atom is 0.240 e. The topological polar surface area (TPSA) is 65.6 Å². The van der Waals surface area contributed by atoms with Gasteiger partial charge in [0, 0.05) is 0 Å². The Hall–Kier alpha value is -2.80. The zero-order valence-corrected chi connectivity index (χ0v) is 12.0. The summed E-state index contributed by atoms with van der Waals surface area (Å²) < 4.78 is 0. The first-order chi connectivity index (χ1) is 10.1. The van der Waals surface area contributed by atoms with Crippen molar-refractivity contribution in [2.24, 2.45) is 9.98 Å². The van der Waals surface area contributed by atoms with Gasteiger partial charge in [-0.05, 0) is 54.7 Å². The number of aryl methyl sites for hydroxylation is 2. The van der Waals surface area contributed by atoms with Crippen LogP contribution in [0, 0.1) is 19.3 Å². The second-order valence-corrected chi connectivity index (χ2v) is 4.85. The molecule has 2 rings (SSSR count). The number of nitrogens with one attached hydrogen (secondary N) is 1. The van der Waals surface area contributed by atoms with Crippen molar-refractivity contribution in [1.29, 1.82) is 5.41 Å². The van der Waals surface area contributed by atoms with E-state index < -0.39 is 0 Å². The predicted octanol–water partition coefficient (Wildman–Crippen LogP) is 4.25. The van der Waals surface area contributed by atoms with Gasteiger partial charge in [0.25, 0.3) is 0 Å². The second-order valence-electron chi connectivity index (χ2n) is 4.85. The Morgan fingerprint density at radius 2 is 1.48 bits per heavy atom. The van der Waals surface area contributed by atoms with Gasteiger partial charge in [-0.15, -0.1) is 0 Å². The molecule has 0 amide bonds. The van der Waals surface area contributed by atoms with Crippen LogP contribution in [-0.2, 0) is 11.2 Å². The fourth-order valence-electron chi connectivity index (χ4n) is 2.25. The highest BCUT2D eigenvalue weighted by atomic mass is 16.1. The lowest BCUT2D eigenvalue weighted by Gasteiger charge is -2.07. The summed E-state index contributed by atoms with van der Waals surface area (Å²) in [6.07, 6.45) is 2.36. The van der Waals surface area contributed by atoms with Crippen molar-refractivity contribution in [2.45, 2.75) is 20.3 Å². The van der Waals surface area contributed by atoms with Crippen LogP contribution < -0.4 is 0 Å². The van der Waals surface area contributed by atoms with Crippen LogP contribution in [0.1, 0.15) is 22.3 Å². The van der Waals surface area contributed by atoms with E-state index in [-0.39, 0.29) is 0 Å². The summed E-state index contributed by atoms with van der Waals surface area (Å²) in [5, 5.41) is 6.89. The van der Waals surface area contributed by atoms with E-state index in [4.69, 9.17) is 5.41 Å². The van der Waals surface area contributed by atoms with Gasteiger partial charge in [-0.1, -0.05) is 24.3 Å². The highest BCUT2D eigenvalue weighted by Gasteiger charge is 2.03. The lowest BCUT2D eigenvalue weighted by atomic mass is 10.0. The lowest BCUT2D eigenvalue weighted by Crippen LogP contribution is -1.90. The Morgan fingerprint density at radius 3 is 1.90 bits per heavy atom. The normalized spacial score (nSPS) is 9.62. The highest BCUT2D eigenvalue weighted by molar-refractivity contribution is 5.56. The van der Waals surface area contributed by atoms with Crippen LogP contribution in [0.25, 0.3) is 0 Å². The van der Waals surface area contributed by atoms with E-state index in [2.05, 4.69) is 22.1 Å². The molecule has 21 heavy (non-hydrogen) atoms. The molecule has 0 aromatic heterocycles. The quantitative estimate of drug-likeness (QED) is 0.659. The van der Waals surface area contributed by atoms with Crippen LogP contribution in [0.5, 0.6) is 0 Å². The number of nitrogens with zero attached hydrogens (tertiary/aromatic N) is 2. The summed E-state index contributed by atoms with van der Waals surface area (Å²) >= 11 is 0. The molecular weight excluding hydrogens is 262 g/mol. The van der Waals surface area contributed by atoms with E-state index in [0.717, 1.165) is 28.8 Å². The van der Waals surface area contributed by atoms with Crippen LogP contribution in [-0.4, -0.2) is 12.1 Å². The van der Waals surface area contributed by atoms with Crippen LogP contribution >= 0.6 is 0 Å². The number of carbonyl (C=O) groups excluding carboxylic acids is 1. The van der Waals surface area contributed by atoms with E-state index >= 15 is 0 Å². The van der Waals surface area contributed by atoms with E-state index in [9.17, 15) is 4.79 Å². The summed E-state index contributed by atoms with van der Waals surface area (Å²) in [4.78, 5) is 17.8. The molecule has 2 aromatic carbocycles. The smallest absolute Gasteiger partial charge is 0.240 e. The minimum absolute atomic E-state index is 0.653. The minimum atomic E-state index is 0.653. The van der Waals surface area contributed by atoms with Crippen molar-refractivity contribution in [3.63, 3.8) is 0 Å². The van der Waals surface area contributed by atoms with E-state index in [1.807, 2.05) is 44.2 Å². The van der Waals surface area contributed by atoms with Crippen LogP contribution in [0.15, 0.2) is 46.4 Å². The van der Waals surface area contributed by atoms with Gasteiger partial charge in [-0.25, -0.2) is 10.2 Å². The molecule has 4 heteroatoms. The Balaban J connectivity index is 2.26. The maximum absolute atomic E-state index is 10.3. The van der Waals surface area contributed by atoms with Crippen molar-refractivity contribution in [3.8, 4) is 0 Å². The fourth-order valence-corrected chi connectivity index (χ4v) is 2.25. The van der Waals surface area contributed by atoms with Gasteiger partial charge < -0.3 is 0 Å². The number of benzene rings is 2. The molecule has 2 aromatic rings. The molecule has 0 radical (unpaired) electrons. The van der Waals surface area contributed by atoms with Crippen LogP contribution in [0.4, 0.5) is 11.4 Å². The third kappa shape index (κ3) is 3.61. The van der Waals surface area contributed by atoms with Crippen molar-refractivity contribution in [1.82, 2.24) is 0 Å². The highest BCUT2D eigenvalue weighted by Crippen LogP contribution is 2.23. The summed E-state index contributed by atoms with van der Waals surface area (Å²) in [7, 11) is 0. The number of hydrogen-bond acceptors (Lipinski definition) is 4. The number of aliphatic imine (C=N–C) groups is 2. The summed E-state index contributed by atoms with van der Waals surface area (Å²) in [5.41, 5.74) is 5.72. The lowest BCUT2D eigenvalue weighted by molar-refractivity contribution is 0.565. The maximum atomic E-state index is 10.3. The first-order valence-corrected chi connectivity index (χ1v) is 6.53. The Morgan fingerprint density at radius 1 is 0.952 bits per heavy atom. The molecule has 1 N–H and O–H groups in total. The van der Waals surface area contributed by atoms with Crippen molar-refractivity contribution in [3.05, 3.63) is 58.7 Å². The zero-order chi connectivity index (χ0) is 15.2. The van der Waals surface area contributed by atoms with Gasteiger partial charge in [-0.3, -0.25) is 0 Å². The largest absolute Gasteiger partial charge is 0.241 e. The molecule has 0 unspecified atom stereocenters. The average Bonchev–Trinajstić information content (AvgIpc) is 2.45. The summed E-state index contributed by atoms with van der Waals surface area (Å²) in [5.74, 6) is 0. The monoisotopic (exact) mass is 277 g/mol. The molecule has 0 atom stereocenters. The molecular formula is C17H15N3O. The molecule has 104 valence electrons. The van der Waals surface area contributed by atoms with Gasteiger partial charge >= 0.3 is 0 Å².